The van der Waals surface area contributed by atoms with Gasteiger partial charge in [-0.25, -0.2) is 4.79 Å². The van der Waals surface area contributed by atoms with Crippen LogP contribution in [0, 0.1) is 13.8 Å². The third-order valence-electron chi connectivity index (χ3n) is 5.75. The second kappa shape index (κ2) is 8.23. The van der Waals surface area contributed by atoms with Crippen molar-refractivity contribution in [3.63, 3.8) is 0 Å². The molecule has 0 N–H and O–H groups in total. The number of carbonyl (C=O) groups is 2. The smallest absolute Gasteiger partial charge is 0.340 e. The van der Waals surface area contributed by atoms with Crippen molar-refractivity contribution in [2.75, 3.05) is 11.5 Å². The van der Waals surface area contributed by atoms with Crippen molar-refractivity contribution in [1.82, 2.24) is 0 Å². The number of amides is 1. The molecule has 0 aromatic heterocycles. The zero-order valence-electron chi connectivity index (χ0n) is 18.2. The Balaban J connectivity index is 1.90. The van der Waals surface area contributed by atoms with E-state index in [9.17, 15) is 9.59 Å². The van der Waals surface area contributed by atoms with Crippen LogP contribution in [-0.2, 0) is 14.3 Å². The van der Waals surface area contributed by atoms with Gasteiger partial charge in [0.15, 0.2) is 0 Å². The van der Waals surface area contributed by atoms with Crippen LogP contribution in [0.4, 0.5) is 5.69 Å². The number of aryl methyl sites for hydroxylation is 2. The summed E-state index contributed by atoms with van der Waals surface area (Å²) in [5.74, 6) is -0.706. The van der Waals surface area contributed by atoms with Crippen molar-refractivity contribution in [1.29, 1.82) is 0 Å². The third kappa shape index (κ3) is 3.66. The number of nitrogens with zero attached hydrogens (tertiary/aromatic N) is 1. The summed E-state index contributed by atoms with van der Waals surface area (Å²) in [7, 11) is 0. The molecule has 0 aliphatic carbocycles. The Kier molecular flexibility index (Phi) is 5.47. The van der Waals surface area contributed by atoms with E-state index in [0.29, 0.717) is 16.8 Å². The van der Waals surface area contributed by atoms with Crippen LogP contribution in [0.25, 0.3) is 16.8 Å². The molecule has 0 radical (unpaired) electrons. The fourth-order valence-corrected chi connectivity index (χ4v) is 3.99. The number of fused-ring (bicyclic) bond motifs is 1. The molecule has 0 bridgehead atoms. The Labute approximate surface area is 182 Å². The van der Waals surface area contributed by atoms with Crippen LogP contribution in [0.1, 0.15) is 30.5 Å². The molecule has 31 heavy (non-hydrogen) atoms. The fourth-order valence-electron chi connectivity index (χ4n) is 3.99. The molecular weight excluding hydrogens is 386 g/mol. The summed E-state index contributed by atoms with van der Waals surface area (Å²) in [6.07, 6.45) is 1.81. The summed E-state index contributed by atoms with van der Waals surface area (Å²) in [5.41, 5.74) is 5.12. The summed E-state index contributed by atoms with van der Waals surface area (Å²) in [4.78, 5) is 28.1. The maximum Gasteiger partial charge on any atom is 0.340 e. The Morgan fingerprint density at radius 1 is 0.968 bits per heavy atom. The van der Waals surface area contributed by atoms with Crippen molar-refractivity contribution >= 4 is 34.4 Å². The molecule has 0 spiro atoms. The monoisotopic (exact) mass is 411 g/mol. The van der Waals surface area contributed by atoms with Crippen molar-refractivity contribution < 1.29 is 14.3 Å². The summed E-state index contributed by atoms with van der Waals surface area (Å²) in [6.45, 7) is 7.85. The number of ether oxygens (including phenoxy) is 1. The van der Waals surface area contributed by atoms with E-state index in [-0.39, 0.29) is 12.5 Å². The Morgan fingerprint density at radius 2 is 1.71 bits per heavy atom. The molecule has 0 unspecified atom stereocenters. The molecule has 1 amide bonds. The molecule has 3 aromatic rings. The number of carbonyl (C=O) groups excluding carboxylic acids is 2. The van der Waals surface area contributed by atoms with Gasteiger partial charge >= 0.3 is 5.97 Å². The van der Waals surface area contributed by atoms with Crippen molar-refractivity contribution in [2.24, 2.45) is 0 Å². The zero-order chi connectivity index (χ0) is 22.1. The average Bonchev–Trinajstić information content (AvgIpc) is 3.00. The number of hydrogen-bond donors (Lipinski definition) is 0. The highest BCUT2D eigenvalue weighted by Gasteiger charge is 2.38. The van der Waals surface area contributed by atoms with Gasteiger partial charge in [0, 0.05) is 11.4 Å². The summed E-state index contributed by atoms with van der Waals surface area (Å²) in [5, 5.41) is 2.10. The standard InChI is InChI=1S/C27H25NO3/c1-5-31-27(30)25-19(4)28(22-14-13-17(2)18(3)15-22)26(29)24(25)16-21-11-8-10-20-9-6-7-12-23(20)21/h6-16H,5H2,1-4H3/b24-16+. The first-order valence-corrected chi connectivity index (χ1v) is 10.4. The highest BCUT2D eigenvalue weighted by atomic mass is 16.5. The molecule has 3 aromatic carbocycles. The van der Waals surface area contributed by atoms with E-state index in [4.69, 9.17) is 4.74 Å². The first-order chi connectivity index (χ1) is 14.9. The lowest BCUT2D eigenvalue weighted by Gasteiger charge is -2.19. The van der Waals surface area contributed by atoms with E-state index in [1.165, 1.54) is 0 Å². The van der Waals surface area contributed by atoms with Crippen molar-refractivity contribution in [2.45, 2.75) is 27.7 Å². The van der Waals surface area contributed by atoms with Crippen LogP contribution in [0.5, 0.6) is 0 Å². The predicted octanol–water partition coefficient (Wildman–Crippen LogP) is 5.72. The van der Waals surface area contributed by atoms with E-state index in [1.807, 2.05) is 80.6 Å². The van der Waals surface area contributed by atoms with E-state index < -0.39 is 5.97 Å². The minimum absolute atomic E-state index is 0.225. The maximum atomic E-state index is 13.6. The summed E-state index contributed by atoms with van der Waals surface area (Å²) in [6, 6.07) is 19.8. The van der Waals surface area contributed by atoms with E-state index >= 15 is 0 Å². The quantitative estimate of drug-likeness (QED) is 0.407. The van der Waals surface area contributed by atoms with Crippen LogP contribution in [0.2, 0.25) is 0 Å². The zero-order valence-corrected chi connectivity index (χ0v) is 18.2. The van der Waals surface area contributed by atoms with Gasteiger partial charge in [-0.05, 0) is 73.4 Å². The van der Waals surface area contributed by atoms with Gasteiger partial charge < -0.3 is 4.74 Å². The Hall–Kier alpha value is -3.66. The molecule has 0 fully saturated rings. The minimum atomic E-state index is -0.480. The van der Waals surface area contributed by atoms with Gasteiger partial charge in [0.1, 0.15) is 0 Å². The maximum absolute atomic E-state index is 13.6. The summed E-state index contributed by atoms with van der Waals surface area (Å²) >= 11 is 0. The van der Waals surface area contributed by atoms with Crippen LogP contribution >= 0.6 is 0 Å². The van der Waals surface area contributed by atoms with Crippen LogP contribution in [0.3, 0.4) is 0 Å². The minimum Gasteiger partial charge on any atom is -0.462 e. The molecule has 1 aliphatic heterocycles. The number of anilines is 1. The van der Waals surface area contributed by atoms with Gasteiger partial charge in [-0.2, -0.15) is 0 Å². The molecule has 0 saturated carbocycles. The lowest BCUT2D eigenvalue weighted by Crippen LogP contribution is -2.24. The van der Waals surface area contributed by atoms with Gasteiger partial charge in [0.25, 0.3) is 5.91 Å². The summed E-state index contributed by atoms with van der Waals surface area (Å²) < 4.78 is 5.31. The van der Waals surface area contributed by atoms with Gasteiger partial charge in [0.2, 0.25) is 0 Å². The third-order valence-corrected chi connectivity index (χ3v) is 5.75. The molecule has 1 heterocycles. The van der Waals surface area contributed by atoms with Crippen molar-refractivity contribution in [3.05, 3.63) is 94.2 Å². The number of esters is 1. The van der Waals surface area contributed by atoms with Crippen LogP contribution in [0.15, 0.2) is 77.5 Å². The number of allylic oxidation sites excluding steroid dienone is 1. The lowest BCUT2D eigenvalue weighted by molar-refractivity contribution is -0.138. The topological polar surface area (TPSA) is 46.6 Å². The lowest BCUT2D eigenvalue weighted by atomic mass is 9.99. The van der Waals surface area contributed by atoms with Gasteiger partial charge in [-0.1, -0.05) is 48.5 Å². The molecule has 4 nitrogen and oxygen atoms in total. The molecule has 0 saturated heterocycles. The number of hydrogen-bond acceptors (Lipinski definition) is 3. The molecule has 0 atom stereocenters. The van der Waals surface area contributed by atoms with Gasteiger partial charge in [0.05, 0.1) is 17.8 Å². The highest BCUT2D eigenvalue weighted by molar-refractivity contribution is 6.24. The van der Waals surface area contributed by atoms with Crippen LogP contribution < -0.4 is 4.90 Å². The average molecular weight is 412 g/mol. The molecule has 4 rings (SSSR count). The predicted molar refractivity (Wildman–Crippen MR) is 125 cm³/mol. The van der Waals surface area contributed by atoms with Gasteiger partial charge in [-0.3, -0.25) is 9.69 Å². The first-order valence-electron chi connectivity index (χ1n) is 10.4. The highest BCUT2D eigenvalue weighted by Crippen LogP contribution is 2.36. The number of rotatable bonds is 4. The second-order valence-corrected chi connectivity index (χ2v) is 7.72. The normalized spacial score (nSPS) is 15.3. The number of benzene rings is 3. The van der Waals surface area contributed by atoms with E-state index in [1.54, 1.807) is 18.7 Å². The second-order valence-electron chi connectivity index (χ2n) is 7.72. The largest absolute Gasteiger partial charge is 0.462 e. The van der Waals surface area contributed by atoms with E-state index in [0.717, 1.165) is 33.2 Å². The van der Waals surface area contributed by atoms with Crippen molar-refractivity contribution in [3.8, 4) is 0 Å². The van der Waals surface area contributed by atoms with Crippen LogP contribution in [-0.4, -0.2) is 18.5 Å². The van der Waals surface area contributed by atoms with Gasteiger partial charge in [-0.15, -0.1) is 0 Å². The Morgan fingerprint density at radius 3 is 2.45 bits per heavy atom. The molecule has 1 aliphatic rings. The molecule has 156 valence electrons. The Bertz CT molecular complexity index is 1260. The molecule has 4 heteroatoms. The first kappa shape index (κ1) is 20.6. The van der Waals surface area contributed by atoms with E-state index in [2.05, 4.69) is 0 Å². The molecular formula is C27H25NO3. The SMILES string of the molecule is CCOC(=O)C1=C(C)N(c2ccc(C)c(C)c2)C(=O)/C1=C/c1cccc2ccccc12. The fraction of sp³-hybridized carbons (Fsp3) is 0.185.